The molecule has 0 saturated carbocycles. The lowest BCUT2D eigenvalue weighted by molar-refractivity contribution is 0.0678. The first-order valence-electron chi connectivity index (χ1n) is 6.47. The van der Waals surface area contributed by atoms with Crippen LogP contribution in [0, 0.1) is 0 Å². The van der Waals surface area contributed by atoms with Crippen LogP contribution in [0.1, 0.15) is 26.7 Å². The summed E-state index contributed by atoms with van der Waals surface area (Å²) in [6.45, 7) is 9.43. The zero-order valence-corrected chi connectivity index (χ0v) is 10.6. The molecule has 0 amide bonds. The van der Waals surface area contributed by atoms with E-state index in [2.05, 4.69) is 24.1 Å². The summed E-state index contributed by atoms with van der Waals surface area (Å²) in [5, 5.41) is 13.3. The summed E-state index contributed by atoms with van der Waals surface area (Å²) in [6, 6.07) is 0.528. The van der Waals surface area contributed by atoms with Gasteiger partial charge in [0.25, 0.3) is 0 Å². The predicted molar refractivity (Wildman–Crippen MR) is 65.6 cm³/mol. The Morgan fingerprint density at radius 2 is 1.94 bits per heavy atom. The van der Waals surface area contributed by atoms with Gasteiger partial charge in [-0.3, -0.25) is 0 Å². The Labute approximate surface area is 99.0 Å². The average Bonchev–Trinajstić information content (AvgIpc) is 2.34. The van der Waals surface area contributed by atoms with E-state index in [1.54, 1.807) is 0 Å². The number of aliphatic hydroxyl groups excluding tert-OH is 1. The van der Waals surface area contributed by atoms with E-state index >= 15 is 0 Å². The Morgan fingerprint density at radius 1 is 1.31 bits per heavy atom. The molecule has 2 N–H and O–H groups in total. The molecule has 0 bridgehead atoms. The van der Waals surface area contributed by atoms with Crippen LogP contribution < -0.4 is 5.32 Å². The lowest BCUT2D eigenvalue weighted by Gasteiger charge is -2.26. The second kappa shape index (κ2) is 8.01. The second-order valence-corrected chi connectivity index (χ2v) is 4.43. The highest BCUT2D eigenvalue weighted by molar-refractivity contribution is 4.73. The monoisotopic (exact) mass is 230 g/mol. The summed E-state index contributed by atoms with van der Waals surface area (Å²) >= 11 is 0. The molecule has 0 aliphatic carbocycles. The lowest BCUT2D eigenvalue weighted by atomic mass is 10.1. The minimum absolute atomic E-state index is 0.261. The van der Waals surface area contributed by atoms with Crippen molar-refractivity contribution >= 4 is 0 Å². The molecule has 1 saturated heterocycles. The summed E-state index contributed by atoms with van der Waals surface area (Å²) in [5.74, 6) is 0. The lowest BCUT2D eigenvalue weighted by Crippen LogP contribution is -2.43. The van der Waals surface area contributed by atoms with Gasteiger partial charge in [0.05, 0.1) is 6.10 Å². The van der Waals surface area contributed by atoms with E-state index < -0.39 is 0 Å². The normalized spacial score (nSPS) is 20.2. The molecule has 4 heteroatoms. The Bertz CT molecular complexity index is 168. The fourth-order valence-corrected chi connectivity index (χ4v) is 2.05. The largest absolute Gasteiger partial charge is 0.390 e. The van der Waals surface area contributed by atoms with E-state index in [1.165, 1.54) is 0 Å². The number of rotatable bonds is 7. The average molecular weight is 230 g/mol. The van der Waals surface area contributed by atoms with Gasteiger partial charge in [0, 0.05) is 32.3 Å². The van der Waals surface area contributed by atoms with Crippen molar-refractivity contribution in [1.29, 1.82) is 0 Å². The third-order valence-corrected chi connectivity index (χ3v) is 3.23. The van der Waals surface area contributed by atoms with Gasteiger partial charge in [-0.05, 0) is 25.9 Å². The van der Waals surface area contributed by atoms with E-state index in [0.29, 0.717) is 12.6 Å². The number of nitrogens with one attached hydrogen (secondary N) is 1. The second-order valence-electron chi connectivity index (χ2n) is 4.43. The molecule has 0 aromatic heterocycles. The molecule has 0 aromatic carbocycles. The number of hydrogen-bond acceptors (Lipinski definition) is 4. The van der Waals surface area contributed by atoms with Crippen LogP contribution in [-0.4, -0.2) is 61.5 Å². The first-order chi connectivity index (χ1) is 7.76. The molecular weight excluding hydrogens is 204 g/mol. The van der Waals surface area contributed by atoms with Gasteiger partial charge in [0.15, 0.2) is 0 Å². The van der Waals surface area contributed by atoms with Crippen LogP contribution in [0.2, 0.25) is 0 Å². The van der Waals surface area contributed by atoms with Crippen molar-refractivity contribution in [3.63, 3.8) is 0 Å². The number of nitrogens with zero attached hydrogens (tertiary/aromatic N) is 1. The molecule has 96 valence electrons. The summed E-state index contributed by atoms with van der Waals surface area (Å²) < 4.78 is 5.30. The van der Waals surface area contributed by atoms with Gasteiger partial charge < -0.3 is 20.1 Å². The summed E-state index contributed by atoms with van der Waals surface area (Å²) in [5.41, 5.74) is 0. The van der Waals surface area contributed by atoms with E-state index in [-0.39, 0.29) is 6.10 Å². The maximum Gasteiger partial charge on any atom is 0.0791 e. The molecule has 1 heterocycles. The van der Waals surface area contributed by atoms with Crippen molar-refractivity contribution in [3.8, 4) is 0 Å². The number of hydrogen-bond donors (Lipinski definition) is 2. The zero-order chi connectivity index (χ0) is 11.8. The summed E-state index contributed by atoms with van der Waals surface area (Å²) in [4.78, 5) is 2.25. The van der Waals surface area contributed by atoms with Gasteiger partial charge in [-0.15, -0.1) is 0 Å². The van der Waals surface area contributed by atoms with Crippen molar-refractivity contribution < 1.29 is 9.84 Å². The standard InChI is InChI=1S/C12H26N2O2/c1-3-14(4-2)10-12(15)9-13-11-5-7-16-8-6-11/h11-13,15H,3-10H2,1-2H3. The first kappa shape index (κ1) is 13.9. The van der Waals surface area contributed by atoms with Gasteiger partial charge in [0.1, 0.15) is 0 Å². The van der Waals surface area contributed by atoms with Gasteiger partial charge in [-0.1, -0.05) is 13.8 Å². The molecule has 4 nitrogen and oxygen atoms in total. The van der Waals surface area contributed by atoms with Gasteiger partial charge >= 0.3 is 0 Å². The fourth-order valence-electron chi connectivity index (χ4n) is 2.05. The van der Waals surface area contributed by atoms with Crippen molar-refractivity contribution in [2.75, 3.05) is 39.4 Å². The molecule has 0 radical (unpaired) electrons. The van der Waals surface area contributed by atoms with Crippen LogP contribution >= 0.6 is 0 Å². The maximum atomic E-state index is 9.88. The Hall–Kier alpha value is -0.160. The SMILES string of the molecule is CCN(CC)CC(O)CNC1CCOCC1. The highest BCUT2D eigenvalue weighted by Crippen LogP contribution is 2.06. The number of aliphatic hydroxyl groups is 1. The minimum Gasteiger partial charge on any atom is -0.390 e. The molecule has 0 aromatic rings. The highest BCUT2D eigenvalue weighted by atomic mass is 16.5. The third-order valence-electron chi connectivity index (χ3n) is 3.23. The predicted octanol–water partition coefficient (Wildman–Crippen LogP) is 0.458. The van der Waals surface area contributed by atoms with Gasteiger partial charge in [0.2, 0.25) is 0 Å². The Balaban J connectivity index is 2.10. The Kier molecular flexibility index (Phi) is 6.96. The van der Waals surface area contributed by atoms with E-state index in [9.17, 15) is 5.11 Å². The molecule has 1 aliphatic heterocycles. The van der Waals surface area contributed by atoms with E-state index in [0.717, 1.165) is 45.7 Å². The summed E-state index contributed by atoms with van der Waals surface area (Å²) in [6.07, 6.45) is 1.87. The fraction of sp³-hybridized carbons (Fsp3) is 1.00. The van der Waals surface area contributed by atoms with E-state index in [4.69, 9.17) is 4.74 Å². The van der Waals surface area contributed by atoms with Gasteiger partial charge in [-0.25, -0.2) is 0 Å². The third kappa shape index (κ3) is 5.25. The molecule has 1 unspecified atom stereocenters. The van der Waals surface area contributed by atoms with Crippen molar-refractivity contribution in [2.24, 2.45) is 0 Å². The van der Waals surface area contributed by atoms with Crippen molar-refractivity contribution in [1.82, 2.24) is 10.2 Å². The molecule has 16 heavy (non-hydrogen) atoms. The van der Waals surface area contributed by atoms with Gasteiger partial charge in [-0.2, -0.15) is 0 Å². The quantitative estimate of drug-likeness (QED) is 0.667. The molecule has 1 atom stereocenters. The van der Waals surface area contributed by atoms with Crippen LogP contribution in [0.4, 0.5) is 0 Å². The van der Waals surface area contributed by atoms with Crippen molar-refractivity contribution in [2.45, 2.75) is 38.8 Å². The number of ether oxygens (including phenoxy) is 1. The van der Waals surface area contributed by atoms with Crippen LogP contribution in [0.3, 0.4) is 0 Å². The first-order valence-corrected chi connectivity index (χ1v) is 6.47. The minimum atomic E-state index is -0.261. The molecule has 0 spiro atoms. The molecular formula is C12H26N2O2. The maximum absolute atomic E-state index is 9.88. The van der Waals surface area contributed by atoms with Crippen LogP contribution in [-0.2, 0) is 4.74 Å². The Morgan fingerprint density at radius 3 is 2.50 bits per heavy atom. The number of likely N-dealkylation sites (N-methyl/N-ethyl adjacent to an activating group) is 1. The van der Waals surface area contributed by atoms with Crippen molar-refractivity contribution in [3.05, 3.63) is 0 Å². The van der Waals surface area contributed by atoms with E-state index in [1.807, 2.05) is 0 Å². The highest BCUT2D eigenvalue weighted by Gasteiger charge is 2.15. The van der Waals surface area contributed by atoms with Crippen LogP contribution in [0.25, 0.3) is 0 Å². The van der Waals surface area contributed by atoms with Crippen LogP contribution in [0.15, 0.2) is 0 Å². The molecule has 1 rings (SSSR count). The summed E-state index contributed by atoms with van der Waals surface area (Å²) in [7, 11) is 0. The molecule has 1 aliphatic rings. The topological polar surface area (TPSA) is 44.7 Å². The van der Waals surface area contributed by atoms with Crippen LogP contribution in [0.5, 0.6) is 0 Å². The smallest absolute Gasteiger partial charge is 0.0791 e. The molecule has 1 fully saturated rings. The zero-order valence-electron chi connectivity index (χ0n) is 10.6.